The van der Waals surface area contributed by atoms with Crippen molar-refractivity contribution in [2.24, 2.45) is 0 Å². The molecule has 0 aliphatic carbocycles. The van der Waals surface area contributed by atoms with E-state index in [9.17, 15) is 5.11 Å². The molecule has 0 saturated heterocycles. The fourth-order valence-corrected chi connectivity index (χ4v) is 3.07. The zero-order valence-electron chi connectivity index (χ0n) is 10.3. The van der Waals surface area contributed by atoms with Crippen molar-refractivity contribution in [2.45, 2.75) is 19.1 Å². The number of nitrogens with zero attached hydrogens (tertiary/aromatic N) is 1. The van der Waals surface area contributed by atoms with Crippen LogP contribution in [-0.4, -0.2) is 16.6 Å². The van der Waals surface area contributed by atoms with Crippen molar-refractivity contribution in [1.29, 1.82) is 0 Å². The molecule has 0 bridgehead atoms. The van der Waals surface area contributed by atoms with Crippen molar-refractivity contribution in [2.75, 3.05) is 6.54 Å². The van der Waals surface area contributed by atoms with Gasteiger partial charge in [-0.25, -0.2) is 4.98 Å². The summed E-state index contributed by atoms with van der Waals surface area (Å²) >= 11 is 13.7. The minimum atomic E-state index is -0.747. The average molecular weight is 317 g/mol. The second-order valence-corrected chi connectivity index (χ2v) is 5.89. The first-order valence-corrected chi connectivity index (χ1v) is 7.48. The van der Waals surface area contributed by atoms with Gasteiger partial charge in [0, 0.05) is 33.7 Å². The standard InChI is InChI=1S/C13H14Cl2N2OS/c1-8(13-16-5-6-19-13)17-7-11(18)12-9(14)3-2-4-10(12)15/h2-6,8,11,17-18H,7H2,1H3. The molecule has 0 saturated carbocycles. The monoisotopic (exact) mass is 316 g/mol. The van der Waals surface area contributed by atoms with Crippen LogP contribution in [0, 0.1) is 0 Å². The van der Waals surface area contributed by atoms with Gasteiger partial charge in [0.25, 0.3) is 0 Å². The van der Waals surface area contributed by atoms with E-state index >= 15 is 0 Å². The molecule has 0 aliphatic heterocycles. The van der Waals surface area contributed by atoms with E-state index in [-0.39, 0.29) is 6.04 Å². The Balaban J connectivity index is 2.00. The molecule has 0 amide bonds. The van der Waals surface area contributed by atoms with Gasteiger partial charge < -0.3 is 10.4 Å². The topological polar surface area (TPSA) is 45.1 Å². The molecule has 2 rings (SSSR count). The number of aromatic nitrogens is 1. The molecule has 2 aromatic rings. The fourth-order valence-electron chi connectivity index (χ4n) is 1.76. The molecule has 3 nitrogen and oxygen atoms in total. The van der Waals surface area contributed by atoms with Gasteiger partial charge in [-0.3, -0.25) is 0 Å². The Morgan fingerprint density at radius 1 is 1.37 bits per heavy atom. The van der Waals surface area contributed by atoms with E-state index in [1.165, 1.54) is 0 Å². The molecule has 2 unspecified atom stereocenters. The van der Waals surface area contributed by atoms with Crippen LogP contribution in [-0.2, 0) is 0 Å². The third-order valence-corrected chi connectivity index (χ3v) is 4.39. The van der Waals surface area contributed by atoms with E-state index in [2.05, 4.69) is 10.3 Å². The third-order valence-electron chi connectivity index (χ3n) is 2.77. The Morgan fingerprint density at radius 3 is 2.63 bits per heavy atom. The van der Waals surface area contributed by atoms with Crippen molar-refractivity contribution in [3.05, 3.63) is 50.4 Å². The van der Waals surface area contributed by atoms with Gasteiger partial charge in [0.05, 0.1) is 12.1 Å². The normalized spacial score (nSPS) is 14.3. The van der Waals surface area contributed by atoms with Gasteiger partial charge in [-0.1, -0.05) is 29.3 Å². The van der Waals surface area contributed by atoms with Crippen LogP contribution >= 0.6 is 34.5 Å². The Bertz CT molecular complexity index is 513. The maximum Gasteiger partial charge on any atom is 0.109 e. The molecule has 0 aliphatic rings. The van der Waals surface area contributed by atoms with Gasteiger partial charge in [-0.2, -0.15) is 0 Å². The summed E-state index contributed by atoms with van der Waals surface area (Å²) in [5.41, 5.74) is 0.560. The van der Waals surface area contributed by atoms with Crippen molar-refractivity contribution in [3.8, 4) is 0 Å². The molecule has 19 heavy (non-hydrogen) atoms. The Morgan fingerprint density at radius 2 is 2.05 bits per heavy atom. The van der Waals surface area contributed by atoms with E-state index in [0.29, 0.717) is 22.2 Å². The molecule has 1 heterocycles. The van der Waals surface area contributed by atoms with Crippen molar-refractivity contribution in [3.63, 3.8) is 0 Å². The Kier molecular flexibility index (Phi) is 5.19. The van der Waals surface area contributed by atoms with Gasteiger partial charge in [0.1, 0.15) is 5.01 Å². The first-order chi connectivity index (χ1) is 9.09. The van der Waals surface area contributed by atoms with Crippen LogP contribution in [0.4, 0.5) is 0 Å². The molecular formula is C13H14Cl2N2OS. The largest absolute Gasteiger partial charge is 0.387 e. The smallest absolute Gasteiger partial charge is 0.109 e. The lowest BCUT2D eigenvalue weighted by molar-refractivity contribution is 0.171. The molecular weight excluding hydrogens is 303 g/mol. The average Bonchev–Trinajstić information content (AvgIpc) is 2.89. The predicted molar refractivity (Wildman–Crippen MR) is 80.0 cm³/mol. The highest BCUT2D eigenvalue weighted by molar-refractivity contribution is 7.09. The second-order valence-electron chi connectivity index (χ2n) is 4.15. The lowest BCUT2D eigenvalue weighted by atomic mass is 10.1. The van der Waals surface area contributed by atoms with Crippen LogP contribution in [0.25, 0.3) is 0 Å². The number of rotatable bonds is 5. The number of benzene rings is 1. The summed E-state index contributed by atoms with van der Waals surface area (Å²) in [5, 5.41) is 17.3. The minimum Gasteiger partial charge on any atom is -0.387 e. The molecule has 2 N–H and O–H groups in total. The van der Waals surface area contributed by atoms with Crippen LogP contribution in [0.15, 0.2) is 29.8 Å². The lowest BCUT2D eigenvalue weighted by Crippen LogP contribution is -2.24. The molecule has 1 aromatic carbocycles. The molecule has 0 spiro atoms. The summed E-state index contributed by atoms with van der Waals surface area (Å²) in [6.45, 7) is 2.37. The van der Waals surface area contributed by atoms with Crippen LogP contribution in [0.5, 0.6) is 0 Å². The van der Waals surface area contributed by atoms with Crippen LogP contribution in [0.3, 0.4) is 0 Å². The zero-order valence-corrected chi connectivity index (χ0v) is 12.6. The SMILES string of the molecule is CC(NCC(O)c1c(Cl)cccc1Cl)c1nccs1. The number of halogens is 2. The molecule has 0 fully saturated rings. The van der Waals surface area contributed by atoms with Gasteiger partial charge in [0.2, 0.25) is 0 Å². The van der Waals surface area contributed by atoms with Crippen LogP contribution in [0.1, 0.15) is 29.6 Å². The zero-order chi connectivity index (χ0) is 13.8. The van der Waals surface area contributed by atoms with Crippen molar-refractivity contribution in [1.82, 2.24) is 10.3 Å². The molecule has 102 valence electrons. The van der Waals surface area contributed by atoms with Gasteiger partial charge in [0.15, 0.2) is 0 Å². The van der Waals surface area contributed by atoms with E-state index < -0.39 is 6.10 Å². The Hall–Kier alpha value is -0.650. The third kappa shape index (κ3) is 3.68. The second kappa shape index (κ2) is 6.68. The maximum atomic E-state index is 10.2. The Labute approximate surface area is 126 Å². The number of aliphatic hydroxyl groups is 1. The first-order valence-electron chi connectivity index (χ1n) is 5.84. The molecule has 2 atom stereocenters. The van der Waals surface area contributed by atoms with E-state index in [1.54, 1.807) is 35.7 Å². The highest BCUT2D eigenvalue weighted by atomic mass is 35.5. The van der Waals surface area contributed by atoms with Gasteiger partial charge in [-0.15, -0.1) is 11.3 Å². The summed E-state index contributed by atoms with van der Waals surface area (Å²) in [7, 11) is 0. The molecule has 1 aromatic heterocycles. The number of hydrogen-bond acceptors (Lipinski definition) is 4. The number of hydrogen-bond donors (Lipinski definition) is 2. The summed E-state index contributed by atoms with van der Waals surface area (Å²) in [6, 6.07) is 5.27. The van der Waals surface area contributed by atoms with E-state index in [0.717, 1.165) is 5.01 Å². The quantitative estimate of drug-likeness (QED) is 0.881. The van der Waals surface area contributed by atoms with Gasteiger partial charge >= 0.3 is 0 Å². The van der Waals surface area contributed by atoms with E-state index in [1.807, 2.05) is 12.3 Å². The highest BCUT2D eigenvalue weighted by Gasteiger charge is 2.17. The summed E-state index contributed by atoms with van der Waals surface area (Å²) in [5.74, 6) is 0. The number of nitrogens with one attached hydrogen (secondary N) is 1. The highest BCUT2D eigenvalue weighted by Crippen LogP contribution is 2.30. The fraction of sp³-hybridized carbons (Fsp3) is 0.308. The van der Waals surface area contributed by atoms with E-state index in [4.69, 9.17) is 23.2 Å². The lowest BCUT2D eigenvalue weighted by Gasteiger charge is -2.17. The number of thiazole rings is 1. The van der Waals surface area contributed by atoms with Crippen LogP contribution in [0.2, 0.25) is 10.0 Å². The minimum absolute atomic E-state index is 0.0795. The maximum absolute atomic E-state index is 10.2. The van der Waals surface area contributed by atoms with Crippen molar-refractivity contribution < 1.29 is 5.11 Å². The summed E-state index contributed by atoms with van der Waals surface area (Å²) < 4.78 is 0. The predicted octanol–water partition coefficient (Wildman–Crippen LogP) is 3.83. The van der Waals surface area contributed by atoms with Crippen LogP contribution < -0.4 is 5.32 Å². The summed E-state index contributed by atoms with van der Waals surface area (Å²) in [6.07, 6.45) is 1.02. The van der Waals surface area contributed by atoms with Crippen molar-refractivity contribution >= 4 is 34.5 Å². The van der Waals surface area contributed by atoms with Gasteiger partial charge in [-0.05, 0) is 19.1 Å². The summed E-state index contributed by atoms with van der Waals surface area (Å²) in [4.78, 5) is 4.22. The first kappa shape index (κ1) is 14.8. The molecule has 0 radical (unpaired) electrons. The number of aliphatic hydroxyl groups excluding tert-OH is 1. The molecule has 6 heteroatoms.